The molecular formula is C12H17N3O2. The summed E-state index contributed by atoms with van der Waals surface area (Å²) in [4.78, 5) is 8.30. The maximum atomic E-state index is 5.42. The van der Waals surface area contributed by atoms with Crippen molar-refractivity contribution in [2.45, 2.75) is 25.8 Å². The van der Waals surface area contributed by atoms with Crippen LogP contribution in [0.5, 0.6) is 11.8 Å². The second-order valence-corrected chi connectivity index (χ2v) is 3.43. The lowest BCUT2D eigenvalue weighted by Gasteiger charge is -2.13. The topological polar surface area (TPSA) is 56.3 Å². The average Bonchev–Trinajstić information content (AvgIpc) is 2.37. The lowest BCUT2D eigenvalue weighted by atomic mass is 10.2. The molecule has 0 aromatic carbocycles. The molecule has 17 heavy (non-hydrogen) atoms. The summed E-state index contributed by atoms with van der Waals surface area (Å²) in [6, 6.07) is 1.52. The number of aromatic nitrogens is 2. The summed E-state index contributed by atoms with van der Waals surface area (Å²) in [5, 5.41) is 3.06. The molecule has 0 amide bonds. The van der Waals surface area contributed by atoms with Gasteiger partial charge in [-0.1, -0.05) is 19.3 Å². The molecule has 0 bridgehead atoms. The van der Waals surface area contributed by atoms with Crippen LogP contribution in [0, 0.1) is 12.3 Å². The Kier molecular flexibility index (Phi) is 5.08. The molecule has 0 radical (unpaired) electrons. The summed E-state index contributed by atoms with van der Waals surface area (Å²) < 4.78 is 10.1. The van der Waals surface area contributed by atoms with Crippen LogP contribution in [0.1, 0.15) is 19.8 Å². The zero-order valence-electron chi connectivity index (χ0n) is 10.4. The van der Waals surface area contributed by atoms with Crippen LogP contribution in [0.25, 0.3) is 0 Å². The van der Waals surface area contributed by atoms with Crippen LogP contribution in [0.4, 0.5) is 5.95 Å². The number of terminal acetylenes is 1. The van der Waals surface area contributed by atoms with Gasteiger partial charge < -0.3 is 14.8 Å². The molecule has 1 rings (SSSR count). The smallest absolute Gasteiger partial charge is 0.230 e. The van der Waals surface area contributed by atoms with E-state index in [0.29, 0.717) is 17.7 Å². The van der Waals surface area contributed by atoms with Crippen LogP contribution in [0.15, 0.2) is 6.07 Å². The fraction of sp³-hybridized carbons (Fsp3) is 0.500. The summed E-state index contributed by atoms with van der Waals surface area (Å²) in [6.07, 6.45) is 7.27. The third-order valence-electron chi connectivity index (χ3n) is 2.18. The van der Waals surface area contributed by atoms with E-state index in [1.54, 1.807) is 6.07 Å². The second-order valence-electron chi connectivity index (χ2n) is 3.43. The van der Waals surface area contributed by atoms with E-state index in [-0.39, 0.29) is 6.04 Å². The van der Waals surface area contributed by atoms with Gasteiger partial charge in [0.25, 0.3) is 0 Å². The van der Waals surface area contributed by atoms with Gasteiger partial charge in [-0.2, -0.15) is 9.97 Å². The first-order valence-electron chi connectivity index (χ1n) is 5.43. The Morgan fingerprint density at radius 1 is 1.35 bits per heavy atom. The van der Waals surface area contributed by atoms with Crippen LogP contribution in [0.3, 0.4) is 0 Å². The molecule has 0 saturated heterocycles. The molecule has 5 nitrogen and oxygen atoms in total. The molecule has 0 saturated carbocycles. The molecule has 0 spiro atoms. The molecular weight excluding hydrogens is 218 g/mol. The molecule has 1 aromatic rings. The Bertz CT molecular complexity index is 379. The van der Waals surface area contributed by atoms with Crippen LogP contribution in [-0.2, 0) is 0 Å². The highest BCUT2D eigenvalue weighted by atomic mass is 16.5. The van der Waals surface area contributed by atoms with Crippen LogP contribution in [0.2, 0.25) is 0 Å². The number of nitrogens with one attached hydrogen (secondary N) is 1. The van der Waals surface area contributed by atoms with Gasteiger partial charge in [-0.25, -0.2) is 0 Å². The normalized spacial score (nSPS) is 11.4. The van der Waals surface area contributed by atoms with Gasteiger partial charge in [-0.3, -0.25) is 0 Å². The van der Waals surface area contributed by atoms with Gasteiger partial charge in [0, 0.05) is 0 Å². The number of rotatable bonds is 6. The molecule has 0 aliphatic heterocycles. The lowest BCUT2D eigenvalue weighted by Crippen LogP contribution is -2.18. The van der Waals surface area contributed by atoms with Crippen molar-refractivity contribution in [3.63, 3.8) is 0 Å². The van der Waals surface area contributed by atoms with Gasteiger partial charge in [0.1, 0.15) is 0 Å². The molecule has 1 N–H and O–H groups in total. The van der Waals surface area contributed by atoms with Crippen molar-refractivity contribution >= 4 is 5.95 Å². The van der Waals surface area contributed by atoms with Crippen molar-refractivity contribution in [1.82, 2.24) is 9.97 Å². The Hall–Kier alpha value is -1.96. The summed E-state index contributed by atoms with van der Waals surface area (Å²) in [7, 11) is 3.08. The largest absolute Gasteiger partial charge is 0.481 e. The Balaban J connectivity index is 2.86. The standard InChI is InChI=1S/C12H17N3O2/c1-5-7-9(6-2)13-12-14-10(16-3)8-11(15-12)17-4/h2,8-9H,5,7H2,1,3-4H3,(H,13,14,15). The number of nitrogens with zero attached hydrogens (tertiary/aromatic N) is 2. The summed E-state index contributed by atoms with van der Waals surface area (Å²) >= 11 is 0. The first-order chi connectivity index (χ1) is 8.23. The molecule has 1 unspecified atom stereocenters. The van der Waals surface area contributed by atoms with Gasteiger partial charge in [0.15, 0.2) is 0 Å². The highest BCUT2D eigenvalue weighted by Crippen LogP contribution is 2.18. The SMILES string of the molecule is C#CC(CCC)Nc1nc(OC)cc(OC)n1. The molecule has 1 aromatic heterocycles. The maximum Gasteiger partial charge on any atom is 0.230 e. The highest BCUT2D eigenvalue weighted by molar-refractivity contribution is 5.36. The monoisotopic (exact) mass is 235 g/mol. The third-order valence-corrected chi connectivity index (χ3v) is 2.18. The lowest BCUT2D eigenvalue weighted by molar-refractivity contribution is 0.372. The van der Waals surface area contributed by atoms with E-state index in [0.717, 1.165) is 12.8 Å². The van der Waals surface area contributed by atoms with E-state index in [2.05, 4.69) is 28.1 Å². The number of hydrogen-bond donors (Lipinski definition) is 1. The van der Waals surface area contributed by atoms with Crippen LogP contribution < -0.4 is 14.8 Å². The molecule has 92 valence electrons. The molecule has 0 aliphatic carbocycles. The Labute approximate surface area is 102 Å². The number of anilines is 1. The van der Waals surface area contributed by atoms with Gasteiger partial charge in [-0.15, -0.1) is 6.42 Å². The Morgan fingerprint density at radius 2 is 1.94 bits per heavy atom. The van der Waals surface area contributed by atoms with E-state index < -0.39 is 0 Å². The first-order valence-corrected chi connectivity index (χ1v) is 5.43. The predicted octanol–water partition coefficient (Wildman–Crippen LogP) is 1.71. The van der Waals surface area contributed by atoms with Crippen LogP contribution in [-0.4, -0.2) is 30.2 Å². The third kappa shape index (κ3) is 3.83. The van der Waals surface area contributed by atoms with E-state index in [1.807, 2.05) is 0 Å². The van der Waals surface area contributed by atoms with Crippen molar-refractivity contribution in [2.24, 2.45) is 0 Å². The van der Waals surface area contributed by atoms with Gasteiger partial charge in [0.2, 0.25) is 17.7 Å². The zero-order chi connectivity index (χ0) is 12.7. The number of hydrogen-bond acceptors (Lipinski definition) is 5. The van der Waals surface area contributed by atoms with Crippen molar-refractivity contribution in [1.29, 1.82) is 0 Å². The van der Waals surface area contributed by atoms with E-state index >= 15 is 0 Å². The molecule has 0 aliphatic rings. The predicted molar refractivity (Wildman–Crippen MR) is 66.3 cm³/mol. The quantitative estimate of drug-likeness (QED) is 0.761. The zero-order valence-corrected chi connectivity index (χ0v) is 10.4. The minimum Gasteiger partial charge on any atom is -0.481 e. The van der Waals surface area contributed by atoms with Gasteiger partial charge in [0.05, 0.1) is 26.3 Å². The minimum absolute atomic E-state index is 0.0863. The average molecular weight is 235 g/mol. The van der Waals surface area contributed by atoms with Crippen molar-refractivity contribution < 1.29 is 9.47 Å². The molecule has 1 atom stereocenters. The Morgan fingerprint density at radius 3 is 2.35 bits per heavy atom. The van der Waals surface area contributed by atoms with E-state index in [9.17, 15) is 0 Å². The van der Waals surface area contributed by atoms with E-state index in [1.165, 1.54) is 14.2 Å². The number of ether oxygens (including phenoxy) is 2. The maximum absolute atomic E-state index is 5.42. The summed E-state index contributed by atoms with van der Waals surface area (Å²) in [5.41, 5.74) is 0. The minimum atomic E-state index is -0.0863. The van der Waals surface area contributed by atoms with Crippen molar-refractivity contribution in [3.8, 4) is 24.1 Å². The summed E-state index contributed by atoms with van der Waals surface area (Å²) in [5.74, 6) is 3.94. The summed E-state index contributed by atoms with van der Waals surface area (Å²) in [6.45, 7) is 2.07. The molecule has 1 heterocycles. The fourth-order valence-electron chi connectivity index (χ4n) is 1.32. The van der Waals surface area contributed by atoms with Gasteiger partial charge in [-0.05, 0) is 6.42 Å². The van der Waals surface area contributed by atoms with E-state index in [4.69, 9.17) is 15.9 Å². The molecule has 5 heteroatoms. The highest BCUT2D eigenvalue weighted by Gasteiger charge is 2.09. The second kappa shape index (κ2) is 6.59. The van der Waals surface area contributed by atoms with Crippen molar-refractivity contribution in [3.05, 3.63) is 6.07 Å². The number of methoxy groups -OCH3 is 2. The van der Waals surface area contributed by atoms with Gasteiger partial charge >= 0.3 is 0 Å². The van der Waals surface area contributed by atoms with Crippen LogP contribution >= 0.6 is 0 Å². The molecule has 0 fully saturated rings. The fourth-order valence-corrected chi connectivity index (χ4v) is 1.32. The van der Waals surface area contributed by atoms with Crippen molar-refractivity contribution in [2.75, 3.05) is 19.5 Å². The first kappa shape index (κ1) is 13.1.